The van der Waals surface area contributed by atoms with Gasteiger partial charge >= 0.3 is 0 Å². The Hall–Kier alpha value is -1.10. The van der Waals surface area contributed by atoms with Crippen molar-refractivity contribution in [3.8, 4) is 0 Å². The molecule has 0 spiro atoms. The van der Waals surface area contributed by atoms with E-state index in [1.165, 1.54) is 16.2 Å². The van der Waals surface area contributed by atoms with Crippen LogP contribution < -0.4 is 4.90 Å². The summed E-state index contributed by atoms with van der Waals surface area (Å²) in [6.45, 7) is 0. The zero-order valence-electron chi connectivity index (χ0n) is 8.85. The number of aromatic nitrogens is 1. The third kappa shape index (κ3) is 2.77. The van der Waals surface area contributed by atoms with Crippen molar-refractivity contribution in [2.45, 2.75) is 0 Å². The van der Waals surface area contributed by atoms with Crippen LogP contribution in [0.5, 0.6) is 0 Å². The standard InChI is InChI=1S/C11H8Cl2N2OS/c1-15(11(16)10-5-17-6-14-10)9-3-7(12)2-8(13)4-9/h2-6H,1H3. The van der Waals surface area contributed by atoms with Crippen molar-refractivity contribution in [2.75, 3.05) is 11.9 Å². The summed E-state index contributed by atoms with van der Waals surface area (Å²) in [6.07, 6.45) is 0. The number of amides is 1. The van der Waals surface area contributed by atoms with Crippen LogP contribution >= 0.6 is 34.5 Å². The maximum Gasteiger partial charge on any atom is 0.277 e. The third-order valence-electron chi connectivity index (χ3n) is 2.19. The lowest BCUT2D eigenvalue weighted by molar-refractivity contribution is 0.0989. The second-order valence-corrected chi connectivity index (χ2v) is 4.96. The van der Waals surface area contributed by atoms with E-state index in [-0.39, 0.29) is 5.91 Å². The smallest absolute Gasteiger partial charge is 0.277 e. The van der Waals surface area contributed by atoms with Gasteiger partial charge in [0, 0.05) is 28.2 Å². The monoisotopic (exact) mass is 286 g/mol. The molecule has 2 rings (SSSR count). The van der Waals surface area contributed by atoms with Crippen molar-refractivity contribution >= 4 is 46.1 Å². The van der Waals surface area contributed by atoms with Crippen LogP contribution in [0.2, 0.25) is 10.0 Å². The van der Waals surface area contributed by atoms with Crippen molar-refractivity contribution in [3.05, 3.63) is 44.8 Å². The van der Waals surface area contributed by atoms with Gasteiger partial charge in [0.05, 0.1) is 5.51 Å². The summed E-state index contributed by atoms with van der Waals surface area (Å²) in [5.74, 6) is -0.190. The molecular weight excluding hydrogens is 279 g/mol. The lowest BCUT2D eigenvalue weighted by atomic mass is 10.3. The summed E-state index contributed by atoms with van der Waals surface area (Å²) in [5.41, 5.74) is 2.67. The van der Waals surface area contributed by atoms with Gasteiger partial charge in [0.2, 0.25) is 0 Å². The zero-order chi connectivity index (χ0) is 12.4. The van der Waals surface area contributed by atoms with E-state index >= 15 is 0 Å². The molecule has 0 aliphatic carbocycles. The molecular formula is C11H8Cl2N2OS. The molecule has 1 aromatic carbocycles. The van der Waals surface area contributed by atoms with Crippen molar-refractivity contribution in [1.29, 1.82) is 0 Å². The lowest BCUT2D eigenvalue weighted by Gasteiger charge is -2.16. The van der Waals surface area contributed by atoms with Gasteiger partial charge in [-0.15, -0.1) is 11.3 Å². The second-order valence-electron chi connectivity index (χ2n) is 3.37. The maximum absolute atomic E-state index is 12.0. The molecule has 2 aromatic rings. The first kappa shape index (κ1) is 12.4. The van der Waals surface area contributed by atoms with E-state index in [4.69, 9.17) is 23.2 Å². The summed E-state index contributed by atoms with van der Waals surface area (Å²) < 4.78 is 0. The number of hydrogen-bond acceptors (Lipinski definition) is 3. The molecule has 0 unspecified atom stereocenters. The largest absolute Gasteiger partial charge is 0.310 e. The molecule has 0 aliphatic rings. The highest BCUT2D eigenvalue weighted by Gasteiger charge is 2.15. The summed E-state index contributed by atoms with van der Waals surface area (Å²) >= 11 is 13.2. The SMILES string of the molecule is CN(C(=O)c1cscn1)c1cc(Cl)cc(Cl)c1. The van der Waals surface area contributed by atoms with Crippen LogP contribution in [0.4, 0.5) is 5.69 Å². The Kier molecular flexibility index (Phi) is 3.66. The molecule has 88 valence electrons. The number of thiazole rings is 1. The number of halogens is 2. The van der Waals surface area contributed by atoms with Crippen LogP contribution in [0.1, 0.15) is 10.5 Å². The van der Waals surface area contributed by atoms with E-state index in [0.717, 1.165) is 0 Å². The number of rotatable bonds is 2. The molecule has 0 saturated carbocycles. The third-order valence-corrected chi connectivity index (χ3v) is 3.21. The fourth-order valence-corrected chi connectivity index (χ4v) is 2.38. The summed E-state index contributed by atoms with van der Waals surface area (Å²) in [4.78, 5) is 17.4. The quantitative estimate of drug-likeness (QED) is 0.843. The van der Waals surface area contributed by atoms with Gasteiger partial charge in [-0.3, -0.25) is 4.79 Å². The molecule has 6 heteroatoms. The first-order chi connectivity index (χ1) is 8.08. The summed E-state index contributed by atoms with van der Waals surface area (Å²) in [5, 5.41) is 2.68. The topological polar surface area (TPSA) is 33.2 Å². The van der Waals surface area contributed by atoms with E-state index in [9.17, 15) is 4.79 Å². The molecule has 0 radical (unpaired) electrons. The van der Waals surface area contributed by atoms with Crippen molar-refractivity contribution in [1.82, 2.24) is 4.98 Å². The molecule has 1 heterocycles. The molecule has 1 amide bonds. The van der Waals surface area contributed by atoms with Crippen molar-refractivity contribution in [3.63, 3.8) is 0 Å². The molecule has 17 heavy (non-hydrogen) atoms. The minimum Gasteiger partial charge on any atom is -0.310 e. The van der Waals surface area contributed by atoms with Gasteiger partial charge in [0.25, 0.3) is 5.91 Å². The summed E-state index contributed by atoms with van der Waals surface area (Å²) in [7, 11) is 1.66. The Morgan fingerprint density at radius 2 is 1.94 bits per heavy atom. The van der Waals surface area contributed by atoms with Crippen molar-refractivity contribution in [2.24, 2.45) is 0 Å². The fraction of sp³-hybridized carbons (Fsp3) is 0.0909. The van der Waals surface area contributed by atoms with Crippen LogP contribution in [-0.4, -0.2) is 17.9 Å². The number of carbonyl (C=O) groups is 1. The van der Waals surface area contributed by atoms with Gasteiger partial charge in [-0.25, -0.2) is 4.98 Å². The van der Waals surface area contributed by atoms with Crippen LogP contribution in [0.25, 0.3) is 0 Å². The predicted octanol–water partition coefficient (Wildman–Crippen LogP) is 3.73. The highest BCUT2D eigenvalue weighted by atomic mass is 35.5. The van der Waals surface area contributed by atoms with Crippen molar-refractivity contribution < 1.29 is 4.79 Å². The maximum atomic E-state index is 12.0. The molecule has 0 saturated heterocycles. The molecule has 0 atom stereocenters. The van der Waals surface area contributed by atoms with Gasteiger partial charge in [0.15, 0.2) is 0 Å². The van der Waals surface area contributed by atoms with Crippen LogP contribution in [-0.2, 0) is 0 Å². The average Bonchev–Trinajstić information content (AvgIpc) is 2.79. The zero-order valence-corrected chi connectivity index (χ0v) is 11.2. The van der Waals surface area contributed by atoms with E-state index in [0.29, 0.717) is 21.4 Å². The lowest BCUT2D eigenvalue weighted by Crippen LogP contribution is -2.26. The normalized spacial score (nSPS) is 10.3. The predicted molar refractivity (Wildman–Crippen MR) is 71.3 cm³/mol. The second kappa shape index (κ2) is 5.04. The first-order valence-corrected chi connectivity index (χ1v) is 6.40. The highest BCUT2D eigenvalue weighted by molar-refractivity contribution is 7.07. The first-order valence-electron chi connectivity index (χ1n) is 4.70. The Balaban J connectivity index is 2.31. The van der Waals surface area contributed by atoms with E-state index in [1.54, 1.807) is 36.1 Å². The Bertz CT molecular complexity index is 522. The molecule has 0 aliphatic heterocycles. The highest BCUT2D eigenvalue weighted by Crippen LogP contribution is 2.25. The fourth-order valence-electron chi connectivity index (χ4n) is 1.34. The number of anilines is 1. The number of hydrogen-bond donors (Lipinski definition) is 0. The molecule has 0 N–H and O–H groups in total. The average molecular weight is 287 g/mol. The van der Waals surface area contributed by atoms with Crippen LogP contribution in [0.15, 0.2) is 29.1 Å². The van der Waals surface area contributed by atoms with Crippen LogP contribution in [0.3, 0.4) is 0 Å². The Morgan fingerprint density at radius 1 is 1.29 bits per heavy atom. The minimum absolute atomic E-state index is 0.190. The molecule has 3 nitrogen and oxygen atoms in total. The van der Waals surface area contributed by atoms with E-state index in [1.807, 2.05) is 0 Å². The molecule has 1 aromatic heterocycles. The van der Waals surface area contributed by atoms with Gasteiger partial charge < -0.3 is 4.90 Å². The molecule has 0 bridgehead atoms. The number of carbonyl (C=O) groups excluding carboxylic acids is 1. The number of benzene rings is 1. The van der Waals surface area contributed by atoms with E-state index < -0.39 is 0 Å². The van der Waals surface area contributed by atoms with Gasteiger partial charge in [-0.1, -0.05) is 23.2 Å². The van der Waals surface area contributed by atoms with E-state index in [2.05, 4.69) is 4.98 Å². The van der Waals surface area contributed by atoms with Gasteiger partial charge in [-0.05, 0) is 18.2 Å². The number of nitrogens with zero attached hydrogens (tertiary/aromatic N) is 2. The van der Waals surface area contributed by atoms with Crippen LogP contribution in [0, 0.1) is 0 Å². The Labute approximate surface area is 113 Å². The summed E-state index contributed by atoms with van der Waals surface area (Å²) in [6, 6.07) is 4.98. The van der Waals surface area contributed by atoms with Gasteiger partial charge in [-0.2, -0.15) is 0 Å². The minimum atomic E-state index is -0.190. The van der Waals surface area contributed by atoms with Gasteiger partial charge in [0.1, 0.15) is 5.69 Å². The molecule has 0 fully saturated rings. The Morgan fingerprint density at radius 3 is 2.47 bits per heavy atom.